The Morgan fingerprint density at radius 3 is 3.09 bits per heavy atom. The molecule has 0 aromatic carbocycles. The first kappa shape index (κ1) is 8.36. The fourth-order valence-corrected chi connectivity index (χ4v) is 1.27. The standard InChI is InChI=1S/C7H10N2OS/c8-4-1-2-7(10)6-3-5-11-9-6/h3,5H,1-2,4,8H2. The number of hydrogen-bond acceptors (Lipinski definition) is 4. The maximum absolute atomic E-state index is 11.2. The number of ketones is 1. The minimum absolute atomic E-state index is 0.0942. The third-order valence-corrected chi connectivity index (χ3v) is 1.89. The number of carbonyl (C=O) groups is 1. The average molecular weight is 170 g/mol. The summed E-state index contributed by atoms with van der Waals surface area (Å²) < 4.78 is 3.92. The van der Waals surface area contributed by atoms with Crippen molar-refractivity contribution in [3.05, 3.63) is 17.1 Å². The molecule has 0 saturated carbocycles. The lowest BCUT2D eigenvalue weighted by Crippen LogP contribution is -2.04. The summed E-state index contributed by atoms with van der Waals surface area (Å²) >= 11 is 1.30. The van der Waals surface area contributed by atoms with E-state index in [0.717, 1.165) is 6.42 Å². The van der Waals surface area contributed by atoms with Crippen molar-refractivity contribution in [2.75, 3.05) is 6.54 Å². The normalized spacial score (nSPS) is 9.91. The highest BCUT2D eigenvalue weighted by Crippen LogP contribution is 2.04. The molecule has 0 fully saturated rings. The number of hydrogen-bond donors (Lipinski definition) is 1. The van der Waals surface area contributed by atoms with E-state index >= 15 is 0 Å². The minimum Gasteiger partial charge on any atom is -0.330 e. The van der Waals surface area contributed by atoms with Crippen molar-refractivity contribution in [2.24, 2.45) is 5.73 Å². The largest absolute Gasteiger partial charge is 0.330 e. The summed E-state index contributed by atoms with van der Waals surface area (Å²) in [4.78, 5) is 11.2. The van der Waals surface area contributed by atoms with E-state index < -0.39 is 0 Å². The fourth-order valence-electron chi connectivity index (χ4n) is 0.747. The predicted octanol–water partition coefficient (Wildman–Crippen LogP) is 1.06. The van der Waals surface area contributed by atoms with Crippen LogP contribution in [0.15, 0.2) is 11.4 Å². The second-order valence-corrected chi connectivity index (χ2v) is 2.87. The maximum atomic E-state index is 11.2. The summed E-state index contributed by atoms with van der Waals surface area (Å²) in [5, 5.41) is 1.80. The van der Waals surface area contributed by atoms with Gasteiger partial charge in [0, 0.05) is 11.8 Å². The average Bonchev–Trinajstić information content (AvgIpc) is 2.52. The number of aromatic nitrogens is 1. The molecule has 0 aliphatic heterocycles. The third kappa shape index (κ3) is 2.40. The lowest BCUT2D eigenvalue weighted by molar-refractivity contribution is 0.0977. The highest BCUT2D eigenvalue weighted by molar-refractivity contribution is 7.03. The van der Waals surface area contributed by atoms with Crippen molar-refractivity contribution >= 4 is 17.3 Å². The quantitative estimate of drug-likeness (QED) is 0.687. The van der Waals surface area contributed by atoms with Gasteiger partial charge in [0.05, 0.1) is 0 Å². The summed E-state index contributed by atoms with van der Waals surface area (Å²) in [5.74, 6) is 0.0942. The Kier molecular flexibility index (Phi) is 3.19. The monoisotopic (exact) mass is 170 g/mol. The van der Waals surface area contributed by atoms with E-state index in [2.05, 4.69) is 4.37 Å². The summed E-state index contributed by atoms with van der Waals surface area (Å²) in [6.07, 6.45) is 1.26. The van der Waals surface area contributed by atoms with Crippen LogP contribution in [0, 0.1) is 0 Å². The Labute approximate surface area is 69.4 Å². The molecule has 60 valence electrons. The van der Waals surface area contributed by atoms with E-state index in [1.165, 1.54) is 11.5 Å². The van der Waals surface area contributed by atoms with Gasteiger partial charge >= 0.3 is 0 Å². The van der Waals surface area contributed by atoms with E-state index in [9.17, 15) is 4.79 Å². The zero-order valence-corrected chi connectivity index (χ0v) is 6.93. The van der Waals surface area contributed by atoms with Crippen LogP contribution in [0.5, 0.6) is 0 Å². The van der Waals surface area contributed by atoms with Gasteiger partial charge in [-0.25, -0.2) is 0 Å². The van der Waals surface area contributed by atoms with Crippen LogP contribution in [0.4, 0.5) is 0 Å². The van der Waals surface area contributed by atoms with Crippen LogP contribution in [0.1, 0.15) is 23.3 Å². The van der Waals surface area contributed by atoms with Crippen LogP contribution >= 0.6 is 11.5 Å². The highest BCUT2D eigenvalue weighted by atomic mass is 32.1. The maximum Gasteiger partial charge on any atom is 0.182 e. The molecule has 2 N–H and O–H groups in total. The Balaban J connectivity index is 2.43. The molecule has 0 amide bonds. The Morgan fingerprint density at radius 2 is 2.55 bits per heavy atom. The van der Waals surface area contributed by atoms with Crippen LogP contribution in [-0.2, 0) is 0 Å². The van der Waals surface area contributed by atoms with E-state index in [1.807, 2.05) is 0 Å². The first-order valence-corrected chi connectivity index (χ1v) is 4.32. The topological polar surface area (TPSA) is 56.0 Å². The van der Waals surface area contributed by atoms with Crippen molar-refractivity contribution in [2.45, 2.75) is 12.8 Å². The highest BCUT2D eigenvalue weighted by Gasteiger charge is 2.05. The van der Waals surface area contributed by atoms with Crippen LogP contribution in [-0.4, -0.2) is 16.7 Å². The van der Waals surface area contributed by atoms with Gasteiger partial charge in [0.15, 0.2) is 5.78 Å². The zero-order chi connectivity index (χ0) is 8.10. The molecule has 1 aromatic rings. The first-order chi connectivity index (χ1) is 5.34. The summed E-state index contributed by atoms with van der Waals surface area (Å²) in [6, 6.07) is 1.74. The van der Waals surface area contributed by atoms with E-state index in [4.69, 9.17) is 5.73 Å². The van der Waals surface area contributed by atoms with E-state index in [0.29, 0.717) is 18.7 Å². The van der Waals surface area contributed by atoms with Crippen LogP contribution < -0.4 is 5.73 Å². The molecule has 0 radical (unpaired) electrons. The van der Waals surface area contributed by atoms with Crippen molar-refractivity contribution in [3.8, 4) is 0 Å². The SMILES string of the molecule is NCCCC(=O)c1ccsn1. The van der Waals surface area contributed by atoms with Crippen molar-refractivity contribution in [1.29, 1.82) is 0 Å². The lowest BCUT2D eigenvalue weighted by atomic mass is 10.2. The molecule has 0 atom stereocenters. The predicted molar refractivity (Wildman–Crippen MR) is 44.7 cm³/mol. The van der Waals surface area contributed by atoms with Crippen LogP contribution in [0.25, 0.3) is 0 Å². The molecule has 4 heteroatoms. The third-order valence-electron chi connectivity index (χ3n) is 1.33. The molecule has 0 unspecified atom stereocenters. The summed E-state index contributed by atoms with van der Waals surface area (Å²) in [5.41, 5.74) is 5.83. The van der Waals surface area contributed by atoms with Gasteiger partial charge in [-0.15, -0.1) is 0 Å². The molecular weight excluding hydrogens is 160 g/mol. The molecule has 0 aliphatic carbocycles. The van der Waals surface area contributed by atoms with Gasteiger partial charge in [-0.2, -0.15) is 4.37 Å². The first-order valence-electron chi connectivity index (χ1n) is 3.48. The summed E-state index contributed by atoms with van der Waals surface area (Å²) in [6.45, 7) is 0.565. The van der Waals surface area contributed by atoms with E-state index in [-0.39, 0.29) is 5.78 Å². The Bertz CT molecular complexity index is 220. The summed E-state index contributed by atoms with van der Waals surface area (Å²) in [7, 11) is 0. The van der Waals surface area contributed by atoms with Gasteiger partial charge in [0.25, 0.3) is 0 Å². The van der Waals surface area contributed by atoms with Gasteiger partial charge in [0.1, 0.15) is 5.69 Å². The molecule has 1 heterocycles. The molecular formula is C7H10N2OS. The number of Topliss-reactive ketones (excluding diaryl/α,β-unsaturated/α-hetero) is 1. The Morgan fingerprint density at radius 1 is 1.73 bits per heavy atom. The molecule has 11 heavy (non-hydrogen) atoms. The van der Waals surface area contributed by atoms with Crippen molar-refractivity contribution < 1.29 is 4.79 Å². The molecule has 0 aliphatic rings. The zero-order valence-electron chi connectivity index (χ0n) is 6.12. The van der Waals surface area contributed by atoms with Gasteiger partial charge < -0.3 is 5.73 Å². The smallest absolute Gasteiger partial charge is 0.182 e. The fraction of sp³-hybridized carbons (Fsp3) is 0.429. The Hall–Kier alpha value is -0.740. The van der Waals surface area contributed by atoms with Gasteiger partial charge in [0.2, 0.25) is 0 Å². The number of nitrogens with zero attached hydrogens (tertiary/aromatic N) is 1. The van der Waals surface area contributed by atoms with Crippen LogP contribution in [0.2, 0.25) is 0 Å². The second kappa shape index (κ2) is 4.20. The lowest BCUT2D eigenvalue weighted by Gasteiger charge is -1.92. The van der Waals surface area contributed by atoms with Gasteiger partial charge in [-0.05, 0) is 30.6 Å². The minimum atomic E-state index is 0.0942. The number of rotatable bonds is 4. The second-order valence-electron chi connectivity index (χ2n) is 2.20. The number of nitrogens with two attached hydrogens (primary N) is 1. The number of carbonyl (C=O) groups excluding carboxylic acids is 1. The van der Waals surface area contributed by atoms with Crippen molar-refractivity contribution in [1.82, 2.24) is 4.37 Å². The molecule has 0 spiro atoms. The molecule has 0 bridgehead atoms. The van der Waals surface area contributed by atoms with Gasteiger partial charge in [-0.3, -0.25) is 4.79 Å². The van der Waals surface area contributed by atoms with Crippen LogP contribution in [0.3, 0.4) is 0 Å². The molecule has 3 nitrogen and oxygen atoms in total. The molecule has 0 saturated heterocycles. The van der Waals surface area contributed by atoms with Gasteiger partial charge in [-0.1, -0.05) is 0 Å². The van der Waals surface area contributed by atoms with E-state index in [1.54, 1.807) is 11.4 Å². The van der Waals surface area contributed by atoms with Crippen molar-refractivity contribution in [3.63, 3.8) is 0 Å². The molecule has 1 rings (SSSR count). The molecule has 1 aromatic heterocycles.